The molecule has 0 spiro atoms. The second-order valence-electron chi connectivity index (χ2n) is 12.6. The Balaban J connectivity index is 1.64. The average molecular weight is 793 g/mol. The zero-order valence-electron chi connectivity index (χ0n) is 33.5. The lowest BCUT2D eigenvalue weighted by Crippen LogP contribution is -2.24. The van der Waals surface area contributed by atoms with Crippen LogP contribution in [0.15, 0.2) is 30.3 Å². The Labute approximate surface area is 327 Å². The van der Waals surface area contributed by atoms with Crippen LogP contribution in [0, 0.1) is 0 Å². The molecule has 0 atom stereocenters. The fourth-order valence-corrected chi connectivity index (χ4v) is 4.03. The maximum Gasteiger partial charge on any atom is 0.308 e. The molecule has 320 valence electrons. The number of ether oxygens (including phenoxy) is 14. The fraction of sp³-hybridized carbons (Fsp3) is 0.795. The number of rotatable bonds is 41. The van der Waals surface area contributed by atoms with E-state index in [1.807, 2.05) is 51.1 Å². The van der Waals surface area contributed by atoms with Crippen LogP contribution < -0.4 is 0 Å². The topological polar surface area (TPSA) is 163 Å². The Hall–Kier alpha value is -2.32. The van der Waals surface area contributed by atoms with E-state index >= 15 is 0 Å². The molecule has 0 heterocycles. The van der Waals surface area contributed by atoms with Gasteiger partial charge in [0.15, 0.2) is 0 Å². The van der Waals surface area contributed by atoms with E-state index in [0.29, 0.717) is 159 Å². The van der Waals surface area contributed by atoms with Crippen LogP contribution in [-0.2, 0) is 82.5 Å². The largest absolute Gasteiger partial charge is 0.461 e. The lowest BCUT2D eigenvalue weighted by molar-refractivity contribution is -0.156. The van der Waals surface area contributed by atoms with Gasteiger partial charge in [0, 0.05) is 0 Å². The first-order valence-corrected chi connectivity index (χ1v) is 19.2. The third kappa shape index (κ3) is 39.7. The molecule has 1 rings (SSSR count). The average Bonchev–Trinajstić information content (AvgIpc) is 3.16. The molecule has 0 aromatic heterocycles. The summed E-state index contributed by atoms with van der Waals surface area (Å²) >= 11 is 0. The highest BCUT2D eigenvalue weighted by molar-refractivity contribution is 5.70. The molecule has 16 nitrogen and oxygen atoms in total. The fourth-order valence-electron chi connectivity index (χ4n) is 4.03. The molecule has 0 aliphatic carbocycles. The van der Waals surface area contributed by atoms with Gasteiger partial charge in [0.25, 0.3) is 0 Å². The van der Waals surface area contributed by atoms with E-state index in [-0.39, 0.29) is 31.4 Å². The molecule has 0 aliphatic heterocycles. The van der Waals surface area contributed by atoms with Crippen LogP contribution in [0.3, 0.4) is 0 Å². The molecule has 0 saturated heterocycles. The zero-order chi connectivity index (χ0) is 39.8. The quantitative estimate of drug-likeness (QED) is 0.0702. The molecule has 1 aromatic carbocycles. The summed E-state index contributed by atoms with van der Waals surface area (Å²) in [4.78, 5) is 23.3. The standard InChI is InChI=1S/C39H68O16/c1-39(2,3)55-38(41)10-12-43-14-16-45-18-20-47-22-24-49-26-28-51-30-32-53-34-33-52-31-29-50-27-25-48-23-21-46-19-17-44-15-13-42-11-9-37(40)54-35-36-7-5-4-6-8-36/h4-8H,9-35H2,1-3H3. The molecule has 0 unspecified atom stereocenters. The van der Waals surface area contributed by atoms with E-state index < -0.39 is 5.60 Å². The summed E-state index contributed by atoms with van der Waals surface area (Å²) in [6, 6.07) is 9.55. The molecule has 0 saturated carbocycles. The van der Waals surface area contributed by atoms with Crippen molar-refractivity contribution < 1.29 is 75.9 Å². The van der Waals surface area contributed by atoms with Gasteiger partial charge < -0.3 is 66.3 Å². The first kappa shape index (κ1) is 50.7. The molecule has 16 heteroatoms. The van der Waals surface area contributed by atoms with Crippen molar-refractivity contribution in [2.24, 2.45) is 0 Å². The van der Waals surface area contributed by atoms with Gasteiger partial charge in [0.2, 0.25) is 0 Å². The molecule has 0 fully saturated rings. The Morgan fingerprint density at radius 3 is 0.909 bits per heavy atom. The predicted molar refractivity (Wildman–Crippen MR) is 201 cm³/mol. The van der Waals surface area contributed by atoms with Crippen molar-refractivity contribution in [2.75, 3.05) is 159 Å². The number of carbonyl (C=O) groups is 2. The minimum Gasteiger partial charge on any atom is -0.461 e. The third-order valence-corrected chi connectivity index (χ3v) is 6.66. The summed E-state index contributed by atoms with van der Waals surface area (Å²) in [6.07, 6.45) is 0.436. The molecule has 0 aliphatic rings. The van der Waals surface area contributed by atoms with Crippen LogP contribution in [0.25, 0.3) is 0 Å². The summed E-state index contributed by atoms with van der Waals surface area (Å²) in [7, 11) is 0. The van der Waals surface area contributed by atoms with Gasteiger partial charge in [0.05, 0.1) is 171 Å². The second-order valence-corrected chi connectivity index (χ2v) is 12.6. The van der Waals surface area contributed by atoms with Gasteiger partial charge in [-0.25, -0.2) is 0 Å². The van der Waals surface area contributed by atoms with Crippen molar-refractivity contribution in [1.82, 2.24) is 0 Å². The minimum absolute atomic E-state index is 0.209. The van der Waals surface area contributed by atoms with Crippen LogP contribution in [0.5, 0.6) is 0 Å². The highest BCUT2D eigenvalue weighted by Gasteiger charge is 2.15. The van der Waals surface area contributed by atoms with Crippen LogP contribution in [0.4, 0.5) is 0 Å². The highest BCUT2D eigenvalue weighted by atomic mass is 16.6. The van der Waals surface area contributed by atoms with Gasteiger partial charge >= 0.3 is 11.9 Å². The van der Waals surface area contributed by atoms with Crippen LogP contribution in [0.2, 0.25) is 0 Å². The highest BCUT2D eigenvalue weighted by Crippen LogP contribution is 2.08. The van der Waals surface area contributed by atoms with Crippen molar-refractivity contribution in [3.8, 4) is 0 Å². The minimum atomic E-state index is -0.479. The van der Waals surface area contributed by atoms with Crippen LogP contribution in [-0.4, -0.2) is 176 Å². The van der Waals surface area contributed by atoms with Crippen molar-refractivity contribution in [2.45, 2.75) is 45.8 Å². The van der Waals surface area contributed by atoms with Crippen molar-refractivity contribution >= 4 is 11.9 Å². The monoisotopic (exact) mass is 792 g/mol. The summed E-state index contributed by atoms with van der Waals surface area (Å²) in [5, 5.41) is 0. The summed E-state index contributed by atoms with van der Waals surface area (Å²) < 4.78 is 75.9. The van der Waals surface area contributed by atoms with Gasteiger partial charge in [0.1, 0.15) is 12.2 Å². The van der Waals surface area contributed by atoms with Crippen molar-refractivity contribution in [1.29, 1.82) is 0 Å². The zero-order valence-corrected chi connectivity index (χ0v) is 33.5. The second kappa shape index (κ2) is 38.5. The van der Waals surface area contributed by atoms with E-state index in [4.69, 9.17) is 66.3 Å². The first-order chi connectivity index (χ1) is 26.9. The SMILES string of the molecule is CC(C)(C)OC(=O)CCOCCOCCOCCOCCOCCOCCOCCOCCOCCOCCOCCOCCC(=O)OCc1ccccc1. The Kier molecular flexibility index (Phi) is 35.5. The first-order valence-electron chi connectivity index (χ1n) is 19.2. The smallest absolute Gasteiger partial charge is 0.308 e. The van der Waals surface area contributed by atoms with Gasteiger partial charge in [-0.3, -0.25) is 9.59 Å². The third-order valence-electron chi connectivity index (χ3n) is 6.66. The number of hydrogen-bond acceptors (Lipinski definition) is 16. The van der Waals surface area contributed by atoms with Gasteiger partial charge in [-0.15, -0.1) is 0 Å². The number of carbonyl (C=O) groups excluding carboxylic acids is 2. The predicted octanol–water partition coefficient (Wildman–Crippen LogP) is 3.05. The lowest BCUT2D eigenvalue weighted by atomic mass is 10.2. The number of hydrogen-bond donors (Lipinski definition) is 0. The molecule has 0 amide bonds. The van der Waals surface area contributed by atoms with Crippen molar-refractivity contribution in [3.05, 3.63) is 35.9 Å². The van der Waals surface area contributed by atoms with Gasteiger partial charge in [-0.1, -0.05) is 30.3 Å². The molecule has 1 aromatic rings. The summed E-state index contributed by atoms with van der Waals surface area (Å²) in [6.45, 7) is 16.7. The summed E-state index contributed by atoms with van der Waals surface area (Å²) in [5.74, 6) is -0.555. The Morgan fingerprint density at radius 2 is 0.636 bits per heavy atom. The van der Waals surface area contributed by atoms with Crippen LogP contribution in [0.1, 0.15) is 39.2 Å². The van der Waals surface area contributed by atoms with Gasteiger partial charge in [-0.2, -0.15) is 0 Å². The van der Waals surface area contributed by atoms with Crippen LogP contribution >= 0.6 is 0 Å². The van der Waals surface area contributed by atoms with E-state index in [9.17, 15) is 9.59 Å². The van der Waals surface area contributed by atoms with E-state index in [0.717, 1.165) is 5.56 Å². The van der Waals surface area contributed by atoms with Gasteiger partial charge in [-0.05, 0) is 26.3 Å². The lowest BCUT2D eigenvalue weighted by Gasteiger charge is -2.19. The molecule has 0 N–H and O–H groups in total. The molecule has 0 bridgehead atoms. The van der Waals surface area contributed by atoms with E-state index in [2.05, 4.69) is 0 Å². The van der Waals surface area contributed by atoms with E-state index in [1.54, 1.807) is 0 Å². The normalized spacial score (nSPS) is 11.6. The molecule has 0 radical (unpaired) electrons. The number of esters is 2. The molecular formula is C39H68O16. The maximum absolute atomic E-state index is 11.7. The van der Waals surface area contributed by atoms with Crippen molar-refractivity contribution in [3.63, 3.8) is 0 Å². The molecule has 55 heavy (non-hydrogen) atoms. The Morgan fingerprint density at radius 1 is 0.382 bits per heavy atom. The molecular weight excluding hydrogens is 724 g/mol. The number of benzene rings is 1. The van der Waals surface area contributed by atoms with E-state index in [1.165, 1.54) is 0 Å². The Bertz CT molecular complexity index is 978. The summed E-state index contributed by atoms with van der Waals surface area (Å²) in [5.41, 5.74) is 0.477. The maximum atomic E-state index is 11.7.